The van der Waals surface area contributed by atoms with Crippen molar-refractivity contribution in [3.05, 3.63) is 80.5 Å². The first kappa shape index (κ1) is 13.3. The van der Waals surface area contributed by atoms with Crippen LogP contribution in [-0.2, 0) is 12.8 Å². The Hall–Kier alpha value is -1.38. The fraction of sp³-hybridized carbons (Fsp3) is 0.158. The van der Waals surface area contributed by atoms with Crippen molar-refractivity contribution in [3.8, 4) is 0 Å². The maximum atomic E-state index is 3.94. The van der Waals surface area contributed by atoms with Crippen LogP contribution >= 0.6 is 27.3 Å². The number of rotatable bonds is 3. The number of halogens is 1. The molecule has 1 aromatic heterocycles. The number of thiophene rings is 1. The molecule has 0 bridgehead atoms. The fourth-order valence-corrected chi connectivity index (χ4v) is 4.74. The van der Waals surface area contributed by atoms with Gasteiger partial charge in [-0.25, -0.2) is 0 Å². The van der Waals surface area contributed by atoms with Crippen LogP contribution in [0.4, 0.5) is 0 Å². The second-order valence-corrected chi connectivity index (χ2v) is 7.73. The summed E-state index contributed by atoms with van der Waals surface area (Å²) in [6.07, 6.45) is 2.05. The average Bonchev–Trinajstić information content (AvgIpc) is 3.05. The predicted octanol–water partition coefficient (Wildman–Crippen LogP) is 6.04. The van der Waals surface area contributed by atoms with Crippen LogP contribution in [0.15, 0.2) is 58.9 Å². The van der Waals surface area contributed by atoms with Gasteiger partial charge in [-0.2, -0.15) is 0 Å². The Labute approximate surface area is 137 Å². The van der Waals surface area contributed by atoms with Crippen molar-refractivity contribution in [2.45, 2.75) is 18.8 Å². The Bertz CT molecular complexity index is 838. The van der Waals surface area contributed by atoms with Crippen LogP contribution in [-0.4, -0.2) is 0 Å². The molecule has 104 valence electrons. The van der Waals surface area contributed by atoms with Crippen molar-refractivity contribution in [1.82, 2.24) is 0 Å². The minimum atomic E-state index is 0.522. The third-order valence-electron chi connectivity index (χ3n) is 4.24. The number of benzene rings is 2. The molecule has 0 N–H and O–H groups in total. The number of allylic oxidation sites excluding steroid dienone is 1. The van der Waals surface area contributed by atoms with E-state index in [1.165, 1.54) is 32.3 Å². The van der Waals surface area contributed by atoms with Gasteiger partial charge in [-0.15, -0.1) is 11.3 Å². The SMILES string of the molecule is C=C(Br)Cc1csc(C2Cc3cccc4cccc2c34)c1. The highest BCUT2D eigenvalue weighted by Gasteiger charge is 2.26. The van der Waals surface area contributed by atoms with Crippen molar-refractivity contribution >= 4 is 38.0 Å². The first-order chi connectivity index (χ1) is 10.2. The highest BCUT2D eigenvalue weighted by Crippen LogP contribution is 2.43. The number of hydrogen-bond donors (Lipinski definition) is 0. The zero-order chi connectivity index (χ0) is 14.4. The zero-order valence-electron chi connectivity index (χ0n) is 11.6. The van der Waals surface area contributed by atoms with Gasteiger partial charge in [-0.1, -0.05) is 58.9 Å². The highest BCUT2D eigenvalue weighted by atomic mass is 79.9. The third kappa shape index (κ3) is 2.27. The van der Waals surface area contributed by atoms with Crippen LogP contribution in [0.2, 0.25) is 0 Å². The molecule has 0 spiro atoms. The molecule has 0 amide bonds. The van der Waals surface area contributed by atoms with Gasteiger partial charge in [0.15, 0.2) is 0 Å². The van der Waals surface area contributed by atoms with Crippen molar-refractivity contribution in [3.63, 3.8) is 0 Å². The van der Waals surface area contributed by atoms with Crippen LogP contribution in [0.5, 0.6) is 0 Å². The largest absolute Gasteiger partial charge is 0.148 e. The molecule has 1 heterocycles. The van der Waals surface area contributed by atoms with E-state index in [0.29, 0.717) is 5.92 Å². The summed E-state index contributed by atoms with van der Waals surface area (Å²) in [5.41, 5.74) is 4.35. The molecule has 1 unspecified atom stereocenters. The van der Waals surface area contributed by atoms with Gasteiger partial charge < -0.3 is 0 Å². The second kappa shape index (κ2) is 5.11. The normalized spacial score (nSPS) is 16.5. The molecule has 21 heavy (non-hydrogen) atoms. The lowest BCUT2D eigenvalue weighted by atomic mass is 9.98. The van der Waals surface area contributed by atoms with Gasteiger partial charge in [0.25, 0.3) is 0 Å². The average molecular weight is 355 g/mol. The fourth-order valence-electron chi connectivity index (χ4n) is 3.39. The maximum Gasteiger partial charge on any atom is 0.0230 e. The van der Waals surface area contributed by atoms with Crippen LogP contribution < -0.4 is 0 Å². The Morgan fingerprint density at radius 2 is 2.05 bits per heavy atom. The molecule has 0 nitrogen and oxygen atoms in total. The Balaban J connectivity index is 1.77. The monoisotopic (exact) mass is 354 g/mol. The Morgan fingerprint density at radius 1 is 1.24 bits per heavy atom. The highest BCUT2D eigenvalue weighted by molar-refractivity contribution is 9.11. The van der Waals surface area contributed by atoms with Crippen LogP contribution in [0.3, 0.4) is 0 Å². The summed E-state index contributed by atoms with van der Waals surface area (Å²) in [7, 11) is 0. The van der Waals surface area contributed by atoms with E-state index >= 15 is 0 Å². The molecule has 2 aromatic carbocycles. The van der Waals surface area contributed by atoms with Gasteiger partial charge in [-0.05, 0) is 49.8 Å². The maximum absolute atomic E-state index is 3.94. The van der Waals surface area contributed by atoms with E-state index in [0.717, 1.165) is 17.3 Å². The van der Waals surface area contributed by atoms with Crippen molar-refractivity contribution < 1.29 is 0 Å². The molecule has 0 radical (unpaired) electrons. The van der Waals surface area contributed by atoms with Gasteiger partial charge in [0, 0.05) is 17.2 Å². The van der Waals surface area contributed by atoms with Crippen molar-refractivity contribution in [2.24, 2.45) is 0 Å². The summed E-state index contributed by atoms with van der Waals surface area (Å²) in [5, 5.41) is 5.12. The molecule has 2 heteroatoms. The predicted molar refractivity (Wildman–Crippen MR) is 95.6 cm³/mol. The molecule has 1 aliphatic carbocycles. The lowest BCUT2D eigenvalue weighted by molar-refractivity contribution is 0.866. The minimum absolute atomic E-state index is 0.522. The second-order valence-electron chi connectivity index (χ2n) is 5.67. The van der Waals surface area contributed by atoms with Crippen molar-refractivity contribution in [1.29, 1.82) is 0 Å². The van der Waals surface area contributed by atoms with Crippen molar-refractivity contribution in [2.75, 3.05) is 0 Å². The van der Waals surface area contributed by atoms with E-state index in [4.69, 9.17) is 0 Å². The van der Waals surface area contributed by atoms with E-state index in [1.54, 1.807) is 0 Å². The Kier molecular flexibility index (Phi) is 3.24. The zero-order valence-corrected chi connectivity index (χ0v) is 14.0. The summed E-state index contributed by atoms with van der Waals surface area (Å²) >= 11 is 5.34. The van der Waals surface area contributed by atoms with Crippen LogP contribution in [0.25, 0.3) is 10.8 Å². The summed E-state index contributed by atoms with van der Waals surface area (Å²) in [6, 6.07) is 15.7. The van der Waals surface area contributed by atoms with Gasteiger partial charge in [0.2, 0.25) is 0 Å². The molecule has 1 aliphatic rings. The van der Waals surface area contributed by atoms with Crippen LogP contribution in [0, 0.1) is 0 Å². The Morgan fingerprint density at radius 3 is 2.86 bits per heavy atom. The molecule has 0 fully saturated rings. The van der Waals surface area contributed by atoms with Gasteiger partial charge in [0.05, 0.1) is 0 Å². The van der Waals surface area contributed by atoms with E-state index in [2.05, 4.69) is 70.4 Å². The topological polar surface area (TPSA) is 0 Å². The molecule has 4 rings (SSSR count). The first-order valence-corrected chi connectivity index (χ1v) is 8.81. The van der Waals surface area contributed by atoms with Gasteiger partial charge in [-0.3, -0.25) is 0 Å². The van der Waals surface area contributed by atoms with E-state index in [1.807, 2.05) is 11.3 Å². The first-order valence-electron chi connectivity index (χ1n) is 7.13. The van der Waals surface area contributed by atoms with E-state index in [-0.39, 0.29) is 0 Å². The molecule has 0 saturated heterocycles. The summed E-state index contributed by atoms with van der Waals surface area (Å²) in [4.78, 5) is 1.47. The molecule has 3 aromatic rings. The van der Waals surface area contributed by atoms with E-state index in [9.17, 15) is 0 Å². The summed E-state index contributed by atoms with van der Waals surface area (Å²) in [6.45, 7) is 3.94. The molecule has 1 atom stereocenters. The summed E-state index contributed by atoms with van der Waals surface area (Å²) in [5.74, 6) is 0.522. The molecule has 0 saturated carbocycles. The quantitative estimate of drug-likeness (QED) is 0.537. The number of hydrogen-bond acceptors (Lipinski definition) is 1. The third-order valence-corrected chi connectivity index (χ3v) is 5.61. The van der Waals surface area contributed by atoms with Gasteiger partial charge in [0.1, 0.15) is 0 Å². The molecule has 0 aliphatic heterocycles. The minimum Gasteiger partial charge on any atom is -0.148 e. The molecular formula is C19H15BrS. The van der Waals surface area contributed by atoms with Crippen LogP contribution in [0.1, 0.15) is 27.5 Å². The summed E-state index contributed by atoms with van der Waals surface area (Å²) < 4.78 is 1.05. The van der Waals surface area contributed by atoms with Gasteiger partial charge >= 0.3 is 0 Å². The molecular weight excluding hydrogens is 340 g/mol. The lowest BCUT2D eigenvalue weighted by Crippen LogP contribution is -1.95. The standard InChI is InChI=1S/C19H15BrS/c1-12(20)8-13-9-18(21-11-13)17-10-15-6-2-4-14-5-3-7-16(17)19(14)15/h2-7,9,11,17H,1,8,10H2. The lowest BCUT2D eigenvalue weighted by Gasteiger charge is -2.09. The van der Waals surface area contributed by atoms with E-state index < -0.39 is 0 Å². The smallest absolute Gasteiger partial charge is 0.0230 e.